The smallest absolute Gasteiger partial charge is 0.276 e. The Morgan fingerprint density at radius 2 is 1.00 bits per heavy atom. The van der Waals surface area contributed by atoms with Gasteiger partial charge in [0, 0.05) is 68.3 Å². The molecule has 2 saturated heterocycles. The minimum absolute atomic E-state index is 0.00580. The molecule has 0 aromatic carbocycles. The van der Waals surface area contributed by atoms with Crippen LogP contribution in [0.5, 0.6) is 0 Å². The van der Waals surface area contributed by atoms with Gasteiger partial charge in [-0.3, -0.25) is 52.7 Å². The van der Waals surface area contributed by atoms with Gasteiger partial charge in [-0.1, -0.05) is 109 Å². The van der Waals surface area contributed by atoms with Crippen LogP contribution in [-0.2, 0) is 57.5 Å². The molecule has 2 aliphatic heterocycles. The van der Waals surface area contributed by atoms with Crippen molar-refractivity contribution in [3.8, 4) is 0 Å². The van der Waals surface area contributed by atoms with Crippen LogP contribution in [0.15, 0.2) is 12.2 Å². The van der Waals surface area contributed by atoms with Gasteiger partial charge in [-0.25, -0.2) is 0 Å². The first-order valence-corrected chi connectivity index (χ1v) is 32.4. The molecule has 2 fully saturated rings. The Labute approximate surface area is 537 Å². The van der Waals surface area contributed by atoms with Crippen LogP contribution in [0.4, 0.5) is 0 Å². The van der Waals surface area contributed by atoms with Gasteiger partial charge in [0.2, 0.25) is 64.8 Å². The predicted octanol–water partition coefficient (Wildman–Crippen LogP) is 2.59. The summed E-state index contributed by atoms with van der Waals surface area (Å²) in [6, 6.07) is -11.5. The molecule has 0 saturated carbocycles. The number of carbonyl (C=O) groups excluding carboxylic acids is 11. The molecular weight excluding hydrogens is 1160 g/mol. The van der Waals surface area contributed by atoms with Crippen LogP contribution < -0.4 is 26.6 Å². The molecule has 90 heavy (non-hydrogen) atoms. The highest BCUT2D eigenvalue weighted by Gasteiger charge is 2.56. The standard InChI is InChI=1S/C65H116N12O13/c1-25-27-28-42(15)54(79)53-58(83)69-46(26-2)60(85)71(18)35-51(78)72(19)47(29-36(3)4)57(82)70-52(40(11)12)63(88)73(20)48(30-37(5)6)56(81)67-43(16)55(80)68-44(17)59(84)74(21)49(31-38(7)8)61(86)75(22)50(32-39(9)10)62(87)77(24)65(41(13)14,64(89)76(53)23)90-45-33-66-34-45/h25,27,36-50,52-54,66,79H,26,28-35H2,1-24H3,(H,67,81)(H,68,80)(H,69,83)(H,70,82)/b27-25+/t42-,43+,44-,46+,47+,48+,49+,50+,52+,53+,54-,65+/m1/s1. The molecule has 0 aromatic heterocycles. The summed E-state index contributed by atoms with van der Waals surface area (Å²) in [5.41, 5.74) is -2.21. The van der Waals surface area contributed by atoms with E-state index < -0.39 is 162 Å². The molecule has 0 bridgehead atoms. The highest BCUT2D eigenvalue weighted by atomic mass is 16.5. The lowest BCUT2D eigenvalue weighted by atomic mass is 9.89. The zero-order valence-corrected chi connectivity index (χ0v) is 58.9. The third-order valence-corrected chi connectivity index (χ3v) is 17.4. The van der Waals surface area contributed by atoms with Crippen LogP contribution >= 0.6 is 0 Å². The van der Waals surface area contributed by atoms with Crippen molar-refractivity contribution in [2.75, 3.05) is 69.0 Å². The monoisotopic (exact) mass is 1270 g/mol. The predicted molar refractivity (Wildman–Crippen MR) is 345 cm³/mol. The average molecular weight is 1270 g/mol. The molecule has 0 aliphatic carbocycles. The number of hydrogen-bond donors (Lipinski definition) is 6. The number of nitrogens with zero attached hydrogens (tertiary/aromatic N) is 7. The Hall–Kier alpha value is -6.21. The summed E-state index contributed by atoms with van der Waals surface area (Å²) in [7, 11) is 9.83. The van der Waals surface area contributed by atoms with Gasteiger partial charge >= 0.3 is 0 Å². The largest absolute Gasteiger partial charge is 0.390 e. The van der Waals surface area contributed by atoms with Crippen molar-refractivity contribution in [2.24, 2.45) is 41.4 Å². The zero-order chi connectivity index (χ0) is 69.3. The van der Waals surface area contributed by atoms with Crippen LogP contribution in [0, 0.1) is 41.4 Å². The van der Waals surface area contributed by atoms with E-state index in [-0.39, 0.29) is 62.2 Å². The molecule has 11 amide bonds. The molecule has 12 atom stereocenters. The van der Waals surface area contributed by atoms with E-state index in [2.05, 4.69) is 26.6 Å². The molecule has 25 heteroatoms. The average Bonchev–Trinajstić information content (AvgIpc) is 0.843. The number of likely N-dealkylation sites (N-methyl/N-ethyl adjacent to an activating group) is 7. The molecule has 6 N–H and O–H groups in total. The Balaban J connectivity index is 3.09. The third kappa shape index (κ3) is 20.6. The van der Waals surface area contributed by atoms with E-state index in [0.717, 1.165) is 9.80 Å². The third-order valence-electron chi connectivity index (χ3n) is 17.4. The van der Waals surface area contributed by atoms with Gasteiger partial charge in [0.15, 0.2) is 0 Å². The SMILES string of the molecule is C/C=C/C[C@@H](C)[C@@H](O)[C@H]1C(=O)N[C@@H](CC)C(=O)N(C)CC(=O)N(C)[C@@H](CC(C)C)C(=O)N[C@@H](C(C)C)C(=O)N(C)[C@@H](CC(C)C)C(=O)N[C@@H](C)C(=O)N[C@H](C)C(=O)N(C)[C@@H](CC(C)C)C(=O)N(C)[C@@H](CC(C)C)C(=O)N(C)[C@](OC2CNC2)(C(C)C)C(=O)N1C. The lowest BCUT2D eigenvalue weighted by Crippen LogP contribution is -2.72. The second-order valence-corrected chi connectivity index (χ2v) is 27.6. The van der Waals surface area contributed by atoms with E-state index in [4.69, 9.17) is 4.74 Å². The summed E-state index contributed by atoms with van der Waals surface area (Å²) in [6.45, 7) is 29.8. The highest BCUT2D eigenvalue weighted by molar-refractivity contribution is 6.00. The number of amides is 11. The maximum Gasteiger partial charge on any atom is 0.276 e. The van der Waals surface area contributed by atoms with Crippen LogP contribution in [-0.4, -0.2) is 246 Å². The first-order chi connectivity index (χ1) is 41.7. The normalized spacial score (nSPS) is 27.9. The van der Waals surface area contributed by atoms with Gasteiger partial charge in [-0.2, -0.15) is 0 Å². The van der Waals surface area contributed by atoms with Crippen molar-refractivity contribution in [1.82, 2.24) is 60.9 Å². The quantitative estimate of drug-likeness (QED) is 0.114. The number of nitrogens with one attached hydrogen (secondary N) is 5. The molecular formula is C65H116N12O13. The number of rotatable bonds is 17. The molecule has 0 radical (unpaired) electrons. The van der Waals surface area contributed by atoms with Crippen LogP contribution in [0.25, 0.3) is 0 Å². The summed E-state index contributed by atoms with van der Waals surface area (Å²) in [4.78, 5) is 171. The van der Waals surface area contributed by atoms with Gasteiger partial charge in [-0.15, -0.1) is 0 Å². The number of ether oxygens (including phenoxy) is 1. The van der Waals surface area contributed by atoms with Crippen LogP contribution in [0.3, 0.4) is 0 Å². The van der Waals surface area contributed by atoms with E-state index in [0.29, 0.717) is 13.1 Å². The summed E-state index contributed by atoms with van der Waals surface area (Å²) < 4.78 is 6.82. The van der Waals surface area contributed by atoms with E-state index in [1.807, 2.05) is 55.4 Å². The molecule has 2 aliphatic rings. The summed E-state index contributed by atoms with van der Waals surface area (Å²) in [5.74, 6) is -10.6. The molecule has 0 spiro atoms. The van der Waals surface area contributed by atoms with Crippen LogP contribution in [0.2, 0.25) is 0 Å². The zero-order valence-electron chi connectivity index (χ0n) is 58.9. The first-order valence-electron chi connectivity index (χ1n) is 32.4. The molecule has 2 heterocycles. The Morgan fingerprint density at radius 3 is 1.46 bits per heavy atom. The number of allylic oxidation sites excluding steroid dienone is 2. The number of aliphatic hydroxyl groups excluding tert-OH is 1. The summed E-state index contributed by atoms with van der Waals surface area (Å²) in [5, 5.41) is 26.5. The number of aliphatic hydroxyl groups is 1. The highest BCUT2D eigenvalue weighted by Crippen LogP contribution is 2.34. The number of carbonyl (C=O) groups is 11. The fraction of sp³-hybridized carbons (Fsp3) is 0.800. The van der Waals surface area contributed by atoms with Gasteiger partial charge in [0.25, 0.3) is 5.91 Å². The second kappa shape index (κ2) is 35.6. The molecule has 0 unspecified atom stereocenters. The van der Waals surface area contributed by atoms with Crippen molar-refractivity contribution in [2.45, 2.75) is 229 Å². The fourth-order valence-electron chi connectivity index (χ4n) is 11.5. The molecule has 2 rings (SSSR count). The van der Waals surface area contributed by atoms with Gasteiger partial charge in [0.1, 0.15) is 54.4 Å². The lowest BCUT2D eigenvalue weighted by Gasteiger charge is -2.50. The van der Waals surface area contributed by atoms with Gasteiger partial charge < -0.3 is 70.7 Å². The minimum Gasteiger partial charge on any atom is -0.390 e. The van der Waals surface area contributed by atoms with Crippen LogP contribution in [0.1, 0.15) is 156 Å². The van der Waals surface area contributed by atoms with E-state index in [9.17, 15) is 38.7 Å². The minimum atomic E-state index is -2.21. The van der Waals surface area contributed by atoms with Gasteiger partial charge in [-0.05, 0) is 94.8 Å². The van der Waals surface area contributed by atoms with Gasteiger partial charge in [0.05, 0.1) is 18.8 Å². The first kappa shape index (κ1) is 79.9. The Bertz CT molecular complexity index is 2500. The fourth-order valence-corrected chi connectivity index (χ4v) is 11.5. The molecule has 0 aromatic rings. The van der Waals surface area contributed by atoms with Crippen molar-refractivity contribution in [1.29, 1.82) is 0 Å². The second-order valence-electron chi connectivity index (χ2n) is 27.6. The number of hydrogen-bond acceptors (Lipinski definition) is 14. The van der Waals surface area contributed by atoms with Crippen molar-refractivity contribution in [3.63, 3.8) is 0 Å². The van der Waals surface area contributed by atoms with E-state index in [1.54, 1.807) is 60.6 Å². The van der Waals surface area contributed by atoms with E-state index >= 15 is 19.2 Å². The summed E-state index contributed by atoms with van der Waals surface area (Å²) >= 11 is 0. The maximum absolute atomic E-state index is 16.0. The van der Waals surface area contributed by atoms with Crippen molar-refractivity contribution in [3.05, 3.63) is 12.2 Å². The Kier molecular flexibility index (Phi) is 31.6. The van der Waals surface area contributed by atoms with Crippen molar-refractivity contribution >= 4 is 65.0 Å². The molecule has 25 nitrogen and oxygen atoms in total. The van der Waals surface area contributed by atoms with E-state index in [1.165, 1.54) is 87.7 Å². The topological polar surface area (TPSA) is 300 Å². The van der Waals surface area contributed by atoms with Crippen molar-refractivity contribution < 1.29 is 62.6 Å². The maximum atomic E-state index is 16.0. The molecule has 514 valence electrons. The Morgan fingerprint density at radius 1 is 0.544 bits per heavy atom. The lowest BCUT2D eigenvalue weighted by molar-refractivity contribution is -0.225. The summed E-state index contributed by atoms with van der Waals surface area (Å²) in [6.07, 6.45) is 2.16.